The summed E-state index contributed by atoms with van der Waals surface area (Å²) in [5.74, 6) is -0.258. The van der Waals surface area contributed by atoms with Gasteiger partial charge >= 0.3 is 0 Å². The van der Waals surface area contributed by atoms with Crippen LogP contribution in [0.2, 0.25) is 0 Å². The number of amides is 1. The van der Waals surface area contributed by atoms with E-state index in [-0.39, 0.29) is 18.0 Å². The number of carbonyl (C=O) groups is 1. The maximum atomic E-state index is 12.1. The number of alkyl halides is 3. The number of morpholine rings is 1. The summed E-state index contributed by atoms with van der Waals surface area (Å²) in [6.45, 7) is 4.99. The molecule has 0 unspecified atom stereocenters. The van der Waals surface area contributed by atoms with Crippen molar-refractivity contribution in [1.29, 1.82) is 0 Å². The first kappa shape index (κ1) is 16.9. The highest BCUT2D eigenvalue weighted by Gasteiger charge is 2.41. The largest absolute Gasteiger partial charge is 0.459 e. The molecule has 21 heavy (non-hydrogen) atoms. The summed E-state index contributed by atoms with van der Waals surface area (Å²) in [6.07, 6.45) is 0.625. The van der Waals surface area contributed by atoms with Gasteiger partial charge in [-0.25, -0.2) is 0 Å². The maximum absolute atomic E-state index is 12.1. The van der Waals surface area contributed by atoms with Crippen LogP contribution in [-0.4, -0.2) is 46.1 Å². The summed E-state index contributed by atoms with van der Waals surface area (Å²) in [7, 11) is 0. The van der Waals surface area contributed by atoms with Crippen LogP contribution in [0.5, 0.6) is 0 Å². The third-order valence-corrected chi connectivity index (χ3v) is 3.76. The lowest BCUT2D eigenvalue weighted by molar-refractivity contribution is -0.0827. The van der Waals surface area contributed by atoms with Gasteiger partial charge in [0.2, 0.25) is 3.79 Å². The fraction of sp³-hybridized carbons (Fsp3) is 0.615. The highest BCUT2D eigenvalue weighted by Crippen LogP contribution is 2.33. The van der Waals surface area contributed by atoms with Crippen molar-refractivity contribution in [2.75, 3.05) is 13.1 Å². The van der Waals surface area contributed by atoms with Crippen LogP contribution in [0.3, 0.4) is 0 Å². The third-order valence-electron chi connectivity index (χ3n) is 3.14. The molecule has 0 spiro atoms. The summed E-state index contributed by atoms with van der Waals surface area (Å²) in [4.78, 5) is 14.0. The van der Waals surface area contributed by atoms with Gasteiger partial charge in [-0.05, 0) is 26.0 Å². The van der Waals surface area contributed by atoms with Gasteiger partial charge in [-0.2, -0.15) is 0 Å². The normalized spacial score (nSPS) is 25.6. The number of nitrogens with zero attached hydrogens (tertiary/aromatic N) is 1. The Morgan fingerprint density at radius 1 is 1.38 bits per heavy atom. The Labute approximate surface area is 138 Å². The molecule has 1 aromatic rings. The fourth-order valence-corrected chi connectivity index (χ4v) is 2.99. The van der Waals surface area contributed by atoms with Crippen LogP contribution < -0.4 is 5.32 Å². The monoisotopic (exact) mass is 354 g/mol. The van der Waals surface area contributed by atoms with E-state index in [0.29, 0.717) is 13.1 Å². The minimum absolute atomic E-state index is 0.0101. The van der Waals surface area contributed by atoms with Gasteiger partial charge in [-0.15, -0.1) is 0 Å². The molecule has 1 aliphatic heterocycles. The smallest absolute Gasteiger partial charge is 0.288 e. The second kappa shape index (κ2) is 6.75. The molecule has 8 heteroatoms. The zero-order valence-electron chi connectivity index (χ0n) is 11.7. The van der Waals surface area contributed by atoms with Gasteiger partial charge in [-0.3, -0.25) is 9.69 Å². The molecule has 5 nitrogen and oxygen atoms in total. The van der Waals surface area contributed by atoms with Crippen molar-refractivity contribution in [1.82, 2.24) is 10.2 Å². The summed E-state index contributed by atoms with van der Waals surface area (Å²) in [5.41, 5.74) is 0. The molecule has 2 heterocycles. The third kappa shape index (κ3) is 4.50. The number of halogens is 3. The first-order chi connectivity index (χ1) is 9.77. The van der Waals surface area contributed by atoms with Crippen molar-refractivity contribution in [3.8, 4) is 0 Å². The molecule has 118 valence electrons. The molecule has 1 fully saturated rings. The lowest BCUT2D eigenvalue weighted by atomic mass is 10.2. The number of hydrogen-bond acceptors (Lipinski definition) is 4. The van der Waals surface area contributed by atoms with Crippen molar-refractivity contribution in [2.24, 2.45) is 0 Å². The van der Waals surface area contributed by atoms with Crippen LogP contribution in [0.4, 0.5) is 0 Å². The molecule has 1 N–H and O–H groups in total. The van der Waals surface area contributed by atoms with Crippen molar-refractivity contribution >= 4 is 40.7 Å². The van der Waals surface area contributed by atoms with Crippen molar-refractivity contribution in [2.45, 2.75) is 36.0 Å². The fourth-order valence-electron chi connectivity index (χ4n) is 2.41. The molecule has 1 amide bonds. The van der Waals surface area contributed by atoms with Crippen LogP contribution in [0.25, 0.3) is 0 Å². The number of furan rings is 1. The van der Waals surface area contributed by atoms with Crippen LogP contribution in [0.1, 0.15) is 24.4 Å². The topological polar surface area (TPSA) is 54.7 Å². The highest BCUT2D eigenvalue weighted by atomic mass is 35.6. The Morgan fingerprint density at radius 3 is 2.48 bits per heavy atom. The van der Waals surface area contributed by atoms with E-state index in [1.807, 2.05) is 18.7 Å². The number of carbonyl (C=O) groups excluding carboxylic acids is 1. The second-order valence-corrected chi connectivity index (χ2v) is 7.48. The Kier molecular flexibility index (Phi) is 5.43. The summed E-state index contributed by atoms with van der Waals surface area (Å²) < 4.78 is 9.04. The Balaban J connectivity index is 2.13. The molecule has 0 radical (unpaired) electrons. The van der Waals surface area contributed by atoms with E-state index < -0.39 is 15.9 Å². The molecule has 1 saturated heterocycles. The molecule has 0 aliphatic carbocycles. The zero-order valence-corrected chi connectivity index (χ0v) is 14.0. The van der Waals surface area contributed by atoms with E-state index in [0.717, 1.165) is 0 Å². The van der Waals surface area contributed by atoms with Crippen LogP contribution in [0.15, 0.2) is 22.8 Å². The lowest BCUT2D eigenvalue weighted by Crippen LogP contribution is -2.60. The van der Waals surface area contributed by atoms with Gasteiger partial charge in [0.1, 0.15) is 6.17 Å². The molecular formula is C13H17Cl3N2O3. The molecule has 0 saturated carbocycles. The number of ether oxygens (including phenoxy) is 1. The van der Waals surface area contributed by atoms with E-state index in [4.69, 9.17) is 44.0 Å². The first-order valence-electron chi connectivity index (χ1n) is 6.58. The predicted molar refractivity (Wildman–Crippen MR) is 81.8 cm³/mol. The molecular weight excluding hydrogens is 339 g/mol. The van der Waals surface area contributed by atoms with Gasteiger partial charge in [0.15, 0.2) is 5.76 Å². The quantitative estimate of drug-likeness (QED) is 0.847. The molecule has 3 atom stereocenters. The second-order valence-electron chi connectivity index (χ2n) is 5.11. The summed E-state index contributed by atoms with van der Waals surface area (Å²) >= 11 is 18.1. The Bertz CT molecular complexity index is 466. The minimum atomic E-state index is -1.67. The molecule has 0 aromatic carbocycles. The van der Waals surface area contributed by atoms with Gasteiger partial charge in [0, 0.05) is 13.1 Å². The Hall–Kier alpha value is -0.460. The number of nitrogens with one attached hydrogen (secondary N) is 1. The zero-order chi connectivity index (χ0) is 15.6. The van der Waals surface area contributed by atoms with E-state index in [1.54, 1.807) is 12.1 Å². The standard InChI is InChI=1S/C13H17Cl3N2O3/c1-8-6-18(7-9(2)21-8)12(13(14,15)16)17-11(19)10-4-3-5-20-10/h3-5,8-9,12H,6-7H2,1-2H3,(H,17,19)/t8-,9-,12+/m1/s1. The molecule has 2 rings (SSSR count). The van der Waals surface area contributed by atoms with Gasteiger partial charge in [-0.1, -0.05) is 34.8 Å². The molecule has 1 aromatic heterocycles. The summed E-state index contributed by atoms with van der Waals surface area (Å²) in [5, 5.41) is 2.71. The van der Waals surface area contributed by atoms with Crippen molar-refractivity contribution in [3.63, 3.8) is 0 Å². The van der Waals surface area contributed by atoms with Crippen LogP contribution in [-0.2, 0) is 4.74 Å². The van der Waals surface area contributed by atoms with Crippen LogP contribution >= 0.6 is 34.8 Å². The SMILES string of the molecule is C[C@@H]1CN([C@H](NC(=O)c2ccco2)C(Cl)(Cl)Cl)C[C@@H](C)O1. The first-order valence-corrected chi connectivity index (χ1v) is 7.71. The predicted octanol–water partition coefficient (Wildman–Crippen LogP) is 2.81. The van der Waals surface area contributed by atoms with E-state index in [1.165, 1.54) is 6.26 Å². The minimum Gasteiger partial charge on any atom is -0.459 e. The van der Waals surface area contributed by atoms with Crippen molar-refractivity contribution < 1.29 is 13.9 Å². The maximum Gasteiger partial charge on any atom is 0.288 e. The van der Waals surface area contributed by atoms with Gasteiger partial charge < -0.3 is 14.5 Å². The summed E-state index contributed by atoms with van der Waals surface area (Å²) in [6, 6.07) is 3.17. The molecule has 1 aliphatic rings. The average molecular weight is 356 g/mol. The van der Waals surface area contributed by atoms with E-state index in [2.05, 4.69) is 5.32 Å². The van der Waals surface area contributed by atoms with Gasteiger partial charge in [0.05, 0.1) is 18.5 Å². The highest BCUT2D eigenvalue weighted by molar-refractivity contribution is 6.68. The Morgan fingerprint density at radius 2 is 2.00 bits per heavy atom. The molecule has 0 bridgehead atoms. The van der Waals surface area contributed by atoms with Gasteiger partial charge in [0.25, 0.3) is 5.91 Å². The van der Waals surface area contributed by atoms with Crippen LogP contribution in [0, 0.1) is 0 Å². The average Bonchev–Trinajstić information content (AvgIpc) is 2.86. The van der Waals surface area contributed by atoms with Crippen molar-refractivity contribution in [3.05, 3.63) is 24.2 Å². The lowest BCUT2D eigenvalue weighted by Gasteiger charge is -2.42. The van der Waals surface area contributed by atoms with E-state index in [9.17, 15) is 4.79 Å². The van der Waals surface area contributed by atoms with E-state index >= 15 is 0 Å². The number of hydrogen-bond donors (Lipinski definition) is 1. The number of rotatable bonds is 3.